The van der Waals surface area contributed by atoms with Gasteiger partial charge in [0, 0.05) is 55.3 Å². The highest BCUT2D eigenvalue weighted by atomic mass is 16.5. The summed E-state index contributed by atoms with van der Waals surface area (Å²) in [6.45, 7) is 2.47. The molecule has 1 fully saturated rings. The summed E-state index contributed by atoms with van der Waals surface area (Å²) < 4.78 is 5.88. The standard InChI is InChI=1S/C23H26N6O/c24-22(23-28-19-8-10-26-14-20(19)29-23)17-12-15(16-4-3-9-25-13-16)6-7-18(17)27-21-5-1-2-11-30-21/h3-4,6-7,9,12-13,21,24,26-27H,1-2,5,8,10-11,14H2,(H,28,29). The van der Waals surface area contributed by atoms with Crippen molar-refractivity contribution in [2.45, 2.75) is 38.5 Å². The van der Waals surface area contributed by atoms with E-state index in [0.29, 0.717) is 11.5 Å². The van der Waals surface area contributed by atoms with Crippen LogP contribution in [0.25, 0.3) is 11.1 Å². The Labute approximate surface area is 175 Å². The highest BCUT2D eigenvalue weighted by Gasteiger charge is 2.21. The molecule has 7 nitrogen and oxygen atoms in total. The van der Waals surface area contributed by atoms with Gasteiger partial charge in [0.1, 0.15) is 11.9 Å². The lowest BCUT2D eigenvalue weighted by atomic mass is 9.99. The van der Waals surface area contributed by atoms with Crippen LogP contribution in [0.4, 0.5) is 5.69 Å². The predicted octanol–water partition coefficient (Wildman–Crippen LogP) is 3.47. The van der Waals surface area contributed by atoms with Crippen molar-refractivity contribution in [3.63, 3.8) is 0 Å². The number of anilines is 1. The first-order chi connectivity index (χ1) is 14.8. The molecule has 0 aliphatic carbocycles. The van der Waals surface area contributed by atoms with E-state index in [9.17, 15) is 0 Å². The smallest absolute Gasteiger partial charge is 0.156 e. The largest absolute Gasteiger partial charge is 0.360 e. The zero-order valence-corrected chi connectivity index (χ0v) is 16.9. The Morgan fingerprint density at radius 3 is 2.97 bits per heavy atom. The first kappa shape index (κ1) is 19.0. The number of rotatable bonds is 5. The molecule has 30 heavy (non-hydrogen) atoms. The van der Waals surface area contributed by atoms with Crippen molar-refractivity contribution >= 4 is 11.4 Å². The lowest BCUT2D eigenvalue weighted by molar-refractivity contribution is 0.0343. The van der Waals surface area contributed by atoms with Crippen LogP contribution in [-0.4, -0.2) is 40.0 Å². The molecule has 3 aromatic rings. The Morgan fingerprint density at radius 2 is 2.17 bits per heavy atom. The highest BCUT2D eigenvalue weighted by Crippen LogP contribution is 2.28. The summed E-state index contributed by atoms with van der Waals surface area (Å²) in [5.41, 5.74) is 6.27. The number of imidazole rings is 1. The summed E-state index contributed by atoms with van der Waals surface area (Å²) in [7, 11) is 0. The Morgan fingerprint density at radius 1 is 1.20 bits per heavy atom. The molecule has 1 aromatic carbocycles. The van der Waals surface area contributed by atoms with Gasteiger partial charge in [-0.2, -0.15) is 0 Å². The van der Waals surface area contributed by atoms with Crippen molar-refractivity contribution in [2.24, 2.45) is 0 Å². The van der Waals surface area contributed by atoms with Crippen LogP contribution in [0.2, 0.25) is 0 Å². The lowest BCUT2D eigenvalue weighted by Gasteiger charge is -2.26. The number of benzene rings is 1. The summed E-state index contributed by atoms with van der Waals surface area (Å²) >= 11 is 0. The molecule has 2 aliphatic heterocycles. The predicted molar refractivity (Wildman–Crippen MR) is 117 cm³/mol. The van der Waals surface area contributed by atoms with Gasteiger partial charge < -0.3 is 20.4 Å². The van der Waals surface area contributed by atoms with Gasteiger partial charge >= 0.3 is 0 Å². The van der Waals surface area contributed by atoms with E-state index in [1.165, 1.54) is 0 Å². The Kier molecular flexibility index (Phi) is 5.29. The number of aromatic nitrogens is 3. The summed E-state index contributed by atoms with van der Waals surface area (Å²) in [6, 6.07) is 10.1. The quantitative estimate of drug-likeness (QED) is 0.490. The third-order valence-electron chi connectivity index (χ3n) is 5.72. The molecule has 1 atom stereocenters. The highest BCUT2D eigenvalue weighted by molar-refractivity contribution is 6.12. The van der Waals surface area contributed by atoms with Crippen molar-refractivity contribution in [1.82, 2.24) is 20.3 Å². The summed E-state index contributed by atoms with van der Waals surface area (Å²) in [4.78, 5) is 12.3. The molecule has 0 spiro atoms. The fraction of sp³-hybridized carbons (Fsp3) is 0.348. The van der Waals surface area contributed by atoms with Crippen LogP contribution in [0.15, 0.2) is 42.7 Å². The normalized spacial score (nSPS) is 18.6. The van der Waals surface area contributed by atoms with E-state index in [2.05, 4.69) is 26.7 Å². The molecule has 1 unspecified atom stereocenters. The second-order valence-corrected chi connectivity index (χ2v) is 7.81. The number of aromatic amines is 1. The molecule has 4 N–H and O–H groups in total. The van der Waals surface area contributed by atoms with Crippen LogP contribution in [0.5, 0.6) is 0 Å². The van der Waals surface area contributed by atoms with Crippen LogP contribution >= 0.6 is 0 Å². The van der Waals surface area contributed by atoms with Gasteiger partial charge in [-0.3, -0.25) is 10.4 Å². The molecule has 154 valence electrons. The number of fused-ring (bicyclic) bond motifs is 1. The van der Waals surface area contributed by atoms with Gasteiger partial charge in [-0.25, -0.2) is 4.98 Å². The number of nitrogens with one attached hydrogen (secondary N) is 4. The maximum absolute atomic E-state index is 8.96. The van der Waals surface area contributed by atoms with Crippen LogP contribution in [0.1, 0.15) is 42.0 Å². The van der Waals surface area contributed by atoms with Gasteiger partial charge in [0.2, 0.25) is 0 Å². The molecule has 0 bridgehead atoms. The van der Waals surface area contributed by atoms with Crippen LogP contribution in [-0.2, 0) is 17.7 Å². The number of pyridine rings is 1. The number of ether oxygens (including phenoxy) is 1. The second kappa shape index (κ2) is 8.38. The Hall–Kier alpha value is -3.03. The van der Waals surface area contributed by atoms with E-state index < -0.39 is 0 Å². The first-order valence-electron chi connectivity index (χ1n) is 10.6. The molecule has 5 rings (SSSR count). The lowest BCUT2D eigenvalue weighted by Crippen LogP contribution is -2.28. The zero-order chi connectivity index (χ0) is 20.3. The third kappa shape index (κ3) is 3.86. The molecule has 0 radical (unpaired) electrons. The average Bonchev–Trinajstić information content (AvgIpc) is 3.24. The van der Waals surface area contributed by atoms with Crippen LogP contribution in [0, 0.1) is 5.41 Å². The van der Waals surface area contributed by atoms with E-state index >= 15 is 0 Å². The topological polar surface area (TPSA) is 98.7 Å². The van der Waals surface area contributed by atoms with Gasteiger partial charge in [0.05, 0.1) is 11.4 Å². The monoisotopic (exact) mass is 402 g/mol. The minimum atomic E-state index is -0.0245. The van der Waals surface area contributed by atoms with Crippen molar-refractivity contribution in [1.29, 1.82) is 5.41 Å². The van der Waals surface area contributed by atoms with Gasteiger partial charge in [-0.1, -0.05) is 12.1 Å². The maximum atomic E-state index is 8.96. The second-order valence-electron chi connectivity index (χ2n) is 7.81. The van der Waals surface area contributed by atoms with Crippen LogP contribution < -0.4 is 10.6 Å². The molecule has 1 saturated heterocycles. The molecule has 4 heterocycles. The van der Waals surface area contributed by atoms with Crippen molar-refractivity contribution in [3.8, 4) is 11.1 Å². The summed E-state index contributed by atoms with van der Waals surface area (Å²) in [5, 5.41) is 15.8. The minimum absolute atomic E-state index is 0.0245. The van der Waals surface area contributed by atoms with Crippen molar-refractivity contribution < 1.29 is 4.74 Å². The number of nitrogens with zero attached hydrogens (tertiary/aromatic N) is 2. The zero-order valence-electron chi connectivity index (χ0n) is 16.9. The number of hydrogen-bond donors (Lipinski definition) is 4. The Balaban J connectivity index is 1.52. The van der Waals surface area contributed by atoms with Crippen molar-refractivity contribution in [2.75, 3.05) is 18.5 Å². The van der Waals surface area contributed by atoms with Gasteiger partial charge in [-0.05, 0) is 43.0 Å². The first-order valence-corrected chi connectivity index (χ1v) is 10.6. The number of hydrogen-bond acceptors (Lipinski definition) is 6. The van der Waals surface area contributed by atoms with E-state index in [1.807, 2.05) is 30.5 Å². The fourth-order valence-electron chi connectivity index (χ4n) is 4.08. The maximum Gasteiger partial charge on any atom is 0.156 e. The fourth-order valence-corrected chi connectivity index (χ4v) is 4.08. The summed E-state index contributed by atoms with van der Waals surface area (Å²) in [6.07, 6.45) is 7.70. The average molecular weight is 403 g/mol. The number of H-pyrrole nitrogens is 1. The Bertz CT molecular complexity index is 1020. The van der Waals surface area contributed by atoms with Crippen LogP contribution in [0.3, 0.4) is 0 Å². The molecule has 2 aliphatic rings. The van der Waals surface area contributed by atoms with E-state index in [4.69, 9.17) is 15.1 Å². The van der Waals surface area contributed by atoms with E-state index in [0.717, 1.165) is 79.1 Å². The molecule has 0 saturated carbocycles. The van der Waals surface area contributed by atoms with Gasteiger partial charge in [0.25, 0.3) is 0 Å². The molecule has 2 aromatic heterocycles. The van der Waals surface area contributed by atoms with E-state index in [-0.39, 0.29) is 6.23 Å². The molecular formula is C23H26N6O. The van der Waals surface area contributed by atoms with E-state index in [1.54, 1.807) is 6.20 Å². The molecular weight excluding hydrogens is 376 g/mol. The van der Waals surface area contributed by atoms with Gasteiger partial charge in [0.15, 0.2) is 5.82 Å². The summed E-state index contributed by atoms with van der Waals surface area (Å²) in [5.74, 6) is 0.611. The third-order valence-corrected chi connectivity index (χ3v) is 5.72. The minimum Gasteiger partial charge on any atom is -0.360 e. The van der Waals surface area contributed by atoms with Crippen molar-refractivity contribution in [3.05, 3.63) is 65.5 Å². The van der Waals surface area contributed by atoms with Gasteiger partial charge in [-0.15, -0.1) is 0 Å². The SMILES string of the molecule is N=C(c1nc2c([nH]1)CNCC2)c1cc(-c2cccnc2)ccc1NC1CCCCO1. The molecule has 7 heteroatoms. The molecule has 0 amide bonds.